The molecule has 0 bridgehead atoms. The molecular formula is C45H39F11O7S3. The zero-order valence-corrected chi connectivity index (χ0v) is 35.5. The Balaban J connectivity index is 0.000000340. The number of hydrogen-bond donors (Lipinski definition) is 1. The quantitative estimate of drug-likeness (QED) is 0.0476. The lowest BCUT2D eigenvalue weighted by Crippen LogP contribution is -2.23. The minimum absolute atomic E-state index is 0. The first-order valence-electron chi connectivity index (χ1n) is 18.4. The van der Waals surface area contributed by atoms with Crippen molar-refractivity contribution in [3.05, 3.63) is 191 Å². The summed E-state index contributed by atoms with van der Waals surface area (Å²) < 4.78 is 182. The van der Waals surface area contributed by atoms with Crippen LogP contribution >= 0.6 is 11.8 Å². The van der Waals surface area contributed by atoms with Gasteiger partial charge in [0.25, 0.3) is 4.20 Å². The molecule has 0 atom stereocenters. The molecule has 21 heteroatoms. The first kappa shape index (κ1) is 54.4. The molecule has 1 heterocycles. The van der Waals surface area contributed by atoms with Crippen molar-refractivity contribution in [2.24, 2.45) is 0 Å². The van der Waals surface area contributed by atoms with Gasteiger partial charge in [0.2, 0.25) is 0 Å². The van der Waals surface area contributed by atoms with Gasteiger partial charge in [-0.2, -0.15) is 22.0 Å². The number of ether oxygens (including phenoxy) is 3. The summed E-state index contributed by atoms with van der Waals surface area (Å²) >= 11 is 3.49. The zero-order chi connectivity index (χ0) is 47.8. The summed E-state index contributed by atoms with van der Waals surface area (Å²) in [7, 11) is -6.09. The van der Waals surface area contributed by atoms with Crippen LogP contribution in [0.15, 0.2) is 133 Å². The summed E-state index contributed by atoms with van der Waals surface area (Å²) in [6.07, 6.45) is -2.90. The summed E-state index contributed by atoms with van der Waals surface area (Å²) in [4.78, 5) is 0. The maximum absolute atomic E-state index is 14.2. The summed E-state index contributed by atoms with van der Waals surface area (Å²) in [6, 6.07) is 31.5. The molecule has 0 aliphatic carbocycles. The Hall–Kier alpha value is -5.90. The number of benzene rings is 6. The Labute approximate surface area is 382 Å². The Morgan fingerprint density at radius 1 is 0.621 bits per heavy atom. The van der Waals surface area contributed by atoms with Gasteiger partial charge in [-0.3, -0.25) is 0 Å². The summed E-state index contributed by atoms with van der Waals surface area (Å²) in [5.41, 5.74) is -4.09. The number of alkyl halides is 5. The second kappa shape index (κ2) is 25.1. The molecule has 0 amide bonds. The molecular weight excluding hydrogens is 958 g/mol. The van der Waals surface area contributed by atoms with Crippen LogP contribution in [0, 0.1) is 34.9 Å². The lowest BCUT2D eigenvalue weighted by atomic mass is 10.2. The normalized spacial score (nSPS) is 12.3. The molecule has 0 spiro atoms. The van der Waals surface area contributed by atoms with Gasteiger partial charge in [-0.25, -0.2) is 34.8 Å². The van der Waals surface area contributed by atoms with Crippen LogP contribution in [0.25, 0.3) is 0 Å². The van der Waals surface area contributed by atoms with Gasteiger partial charge in [0.1, 0.15) is 53.4 Å². The molecule has 0 unspecified atom stereocenters. The number of phenolic OH excluding ortho intramolecular Hbond substituents is 1. The first-order valence-corrected chi connectivity index (χ1v) is 21.7. The molecule has 7 nitrogen and oxygen atoms in total. The topological polar surface area (TPSA) is 105 Å². The van der Waals surface area contributed by atoms with Crippen LogP contribution in [0.3, 0.4) is 0 Å². The monoisotopic (exact) mass is 996 g/mol. The van der Waals surface area contributed by atoms with E-state index in [1.165, 1.54) is 18.6 Å². The second-order valence-electron chi connectivity index (χ2n) is 12.9. The van der Waals surface area contributed by atoms with Crippen LogP contribution in [0.4, 0.5) is 48.3 Å². The van der Waals surface area contributed by atoms with Gasteiger partial charge in [-0.1, -0.05) is 79.9 Å². The summed E-state index contributed by atoms with van der Waals surface area (Å²) in [5.74, 6) is -4.12. The van der Waals surface area contributed by atoms with Crippen LogP contribution < -0.4 is 14.2 Å². The Morgan fingerprint density at radius 2 is 1.09 bits per heavy atom. The standard InChI is InChI=1S/C20H13F5O2.C17H16FOS2.C6H4F2O.CHF3O3S.CH4.H2/c21-17-9-7-15(11-19(17)23)27-20(24,25)16-8-6-14(10-18(16)22)26-12-13-4-2-1-3-5-13;18-16-11-14(19-12-13-5-2-1-3-6-13)7-8-15(16)17-20-9-4-10-21-17;7-5-2-1-4(9)3-6(5)8;2-1(3,4)8(5,6)7;;/h1-11H,12H2;1-3,5-8,11H,4,9-10,12H2;1-3,9H;(H,5,6,7);1H4;1H/q;+1;;;;/p-1. The SMILES string of the molecule is C.Fc1cc(OCc2ccccc2)ccc1C1=[S+]CCCS1.Fc1ccc(OC(F)(F)c2ccc(OCc3ccccc3)cc2F)cc1F.O=S(=O)([O-])C(F)(F)F.Oc1ccc(F)c(F)c1.[HH]. The predicted octanol–water partition coefficient (Wildman–Crippen LogP) is 12.5. The van der Waals surface area contributed by atoms with E-state index in [0.717, 1.165) is 63.2 Å². The van der Waals surface area contributed by atoms with Gasteiger partial charge in [0.05, 0.1) is 5.56 Å². The molecule has 1 aliphatic heterocycles. The van der Waals surface area contributed by atoms with Crippen molar-refractivity contribution in [1.82, 2.24) is 0 Å². The number of rotatable bonds is 10. The fourth-order valence-corrected chi connectivity index (χ4v) is 7.48. The molecule has 1 aliphatic rings. The lowest BCUT2D eigenvalue weighted by molar-refractivity contribution is -0.187. The van der Waals surface area contributed by atoms with E-state index in [2.05, 4.69) is 4.74 Å². The van der Waals surface area contributed by atoms with Gasteiger partial charge in [0, 0.05) is 37.9 Å². The predicted molar refractivity (Wildman–Crippen MR) is 231 cm³/mol. The Morgan fingerprint density at radius 3 is 1.53 bits per heavy atom. The highest BCUT2D eigenvalue weighted by atomic mass is 32.2. The van der Waals surface area contributed by atoms with Gasteiger partial charge >= 0.3 is 11.6 Å². The maximum atomic E-state index is 14.2. The largest absolute Gasteiger partial charge is 0.741 e. The highest BCUT2D eigenvalue weighted by Gasteiger charge is 2.38. The van der Waals surface area contributed by atoms with Crippen molar-refractivity contribution in [3.63, 3.8) is 0 Å². The van der Waals surface area contributed by atoms with Gasteiger partial charge in [-0.15, -0.1) is 0 Å². The van der Waals surface area contributed by atoms with Crippen LogP contribution in [0.2, 0.25) is 0 Å². The number of aromatic hydroxyl groups is 1. The van der Waals surface area contributed by atoms with Gasteiger partial charge in [-0.05, 0) is 59.7 Å². The molecule has 7 rings (SSSR count). The molecule has 356 valence electrons. The third-order valence-electron chi connectivity index (χ3n) is 7.99. The Bertz CT molecular complexity index is 2630. The molecule has 0 aromatic heterocycles. The van der Waals surface area contributed by atoms with Crippen molar-refractivity contribution in [3.8, 4) is 23.0 Å². The highest BCUT2D eigenvalue weighted by molar-refractivity contribution is 8.23. The van der Waals surface area contributed by atoms with Gasteiger partial charge < -0.3 is 23.9 Å². The van der Waals surface area contributed by atoms with Crippen molar-refractivity contribution in [1.29, 1.82) is 0 Å². The van der Waals surface area contributed by atoms with Crippen molar-refractivity contribution in [2.45, 2.75) is 38.7 Å². The molecule has 0 saturated carbocycles. The average Bonchev–Trinajstić information content (AvgIpc) is 3.26. The van der Waals surface area contributed by atoms with Crippen molar-refractivity contribution in [2.75, 3.05) is 11.5 Å². The summed E-state index contributed by atoms with van der Waals surface area (Å²) in [6.45, 7) is 0.598. The van der Waals surface area contributed by atoms with E-state index in [-0.39, 0.29) is 32.8 Å². The number of hydrogen-bond acceptors (Lipinski definition) is 8. The molecule has 0 saturated heterocycles. The Kier molecular flexibility index (Phi) is 20.7. The van der Waals surface area contributed by atoms with E-state index < -0.39 is 62.1 Å². The number of phenols is 1. The van der Waals surface area contributed by atoms with Crippen LogP contribution in [-0.2, 0) is 40.8 Å². The highest BCUT2D eigenvalue weighted by Crippen LogP contribution is 2.35. The van der Waals surface area contributed by atoms with E-state index in [1.807, 2.05) is 48.5 Å². The van der Waals surface area contributed by atoms with Crippen molar-refractivity contribution < 1.29 is 82.0 Å². The third kappa shape index (κ3) is 17.5. The molecule has 0 fully saturated rings. The van der Waals surface area contributed by atoms with E-state index in [4.69, 9.17) is 27.6 Å². The minimum atomic E-state index is -6.09. The fourth-order valence-electron chi connectivity index (χ4n) is 4.87. The van der Waals surface area contributed by atoms with E-state index >= 15 is 0 Å². The lowest BCUT2D eigenvalue weighted by Gasteiger charge is -2.19. The van der Waals surface area contributed by atoms with E-state index in [1.54, 1.807) is 47.4 Å². The molecule has 66 heavy (non-hydrogen) atoms. The molecule has 6 aromatic carbocycles. The average molecular weight is 997 g/mol. The molecule has 1 N–H and O–H groups in total. The zero-order valence-electron chi connectivity index (χ0n) is 33.0. The van der Waals surface area contributed by atoms with Gasteiger partial charge in [0.15, 0.2) is 50.5 Å². The minimum Gasteiger partial charge on any atom is -0.741 e. The number of thioether (sulfide) groups is 1. The van der Waals surface area contributed by atoms with Crippen LogP contribution in [0.5, 0.6) is 23.0 Å². The van der Waals surface area contributed by atoms with Crippen LogP contribution in [-0.4, -0.2) is 39.3 Å². The summed E-state index contributed by atoms with van der Waals surface area (Å²) in [5, 5.41) is 8.53. The maximum Gasteiger partial charge on any atom is 0.485 e. The van der Waals surface area contributed by atoms with Crippen molar-refractivity contribution >= 4 is 37.4 Å². The number of halogens is 11. The van der Waals surface area contributed by atoms with E-state index in [9.17, 15) is 48.3 Å². The second-order valence-corrected chi connectivity index (χ2v) is 16.7. The molecule has 6 aromatic rings. The fraction of sp³-hybridized carbons (Fsp3) is 0.178. The van der Waals surface area contributed by atoms with E-state index in [0.29, 0.717) is 30.1 Å². The first-order chi connectivity index (χ1) is 30.6. The third-order valence-corrected chi connectivity index (χ3v) is 11.2. The molecule has 0 radical (unpaired) electrons. The smallest absolute Gasteiger partial charge is 0.485 e. The van der Waals surface area contributed by atoms with Crippen LogP contribution in [0.1, 0.15) is 37.5 Å².